The summed E-state index contributed by atoms with van der Waals surface area (Å²) in [6.45, 7) is 0.256. The average molecular weight is 289 g/mol. The highest BCUT2D eigenvalue weighted by molar-refractivity contribution is 5.93. The second-order valence-corrected chi connectivity index (χ2v) is 4.44. The fourth-order valence-corrected chi connectivity index (χ4v) is 1.86. The molecule has 4 nitrogen and oxygen atoms in total. The van der Waals surface area contributed by atoms with Crippen molar-refractivity contribution in [2.45, 2.75) is 13.0 Å². The fourth-order valence-electron chi connectivity index (χ4n) is 1.86. The number of rotatable bonds is 6. The van der Waals surface area contributed by atoms with Gasteiger partial charge in [0.25, 0.3) is 0 Å². The van der Waals surface area contributed by atoms with Crippen LogP contribution in [0.2, 0.25) is 0 Å². The summed E-state index contributed by atoms with van der Waals surface area (Å²) in [7, 11) is 1.26. The van der Waals surface area contributed by atoms with Crippen LogP contribution in [0, 0.1) is 0 Å². The van der Waals surface area contributed by atoms with Crippen molar-refractivity contribution in [2.24, 2.45) is 5.73 Å². The van der Waals surface area contributed by atoms with Crippen LogP contribution in [0.3, 0.4) is 0 Å². The molecule has 0 aromatic heterocycles. The highest BCUT2D eigenvalue weighted by Gasteiger charge is 2.16. The zero-order chi connectivity index (χ0) is 15.2. The van der Waals surface area contributed by atoms with Gasteiger partial charge in [0.05, 0.1) is 5.56 Å². The monoisotopic (exact) mass is 289 g/mol. The molecular weight excluding hydrogens is 273 g/mol. The third-order valence-corrected chi connectivity index (χ3v) is 2.99. The third-order valence-electron chi connectivity index (χ3n) is 2.99. The van der Waals surface area contributed by atoms with Gasteiger partial charge in [-0.15, -0.1) is 0 Å². The SMILES string of the molecule is COC(F)c1ccc(C(N)=O)cc1OCc1ccccc1. The molecule has 1 unspecified atom stereocenters. The Balaban J connectivity index is 2.25. The van der Waals surface area contributed by atoms with Gasteiger partial charge >= 0.3 is 0 Å². The summed E-state index contributed by atoms with van der Waals surface area (Å²) in [5, 5.41) is 0. The van der Waals surface area contributed by atoms with Crippen molar-refractivity contribution in [2.75, 3.05) is 7.11 Å². The van der Waals surface area contributed by atoms with E-state index in [9.17, 15) is 9.18 Å². The van der Waals surface area contributed by atoms with Gasteiger partial charge in [-0.1, -0.05) is 30.3 Å². The number of hydrogen-bond acceptors (Lipinski definition) is 3. The normalized spacial score (nSPS) is 11.9. The maximum atomic E-state index is 13.8. The number of halogens is 1. The molecule has 1 atom stereocenters. The highest BCUT2D eigenvalue weighted by atomic mass is 19.1. The Bertz CT molecular complexity index is 616. The molecule has 0 bridgehead atoms. The maximum Gasteiger partial charge on any atom is 0.248 e. The van der Waals surface area contributed by atoms with Gasteiger partial charge in [0.2, 0.25) is 12.3 Å². The van der Waals surface area contributed by atoms with E-state index in [4.69, 9.17) is 10.5 Å². The summed E-state index contributed by atoms with van der Waals surface area (Å²) >= 11 is 0. The number of primary amides is 1. The molecule has 0 fully saturated rings. The van der Waals surface area contributed by atoms with Crippen molar-refractivity contribution in [3.8, 4) is 5.75 Å². The van der Waals surface area contributed by atoms with Gasteiger partial charge in [-0.2, -0.15) is 0 Å². The van der Waals surface area contributed by atoms with E-state index in [-0.39, 0.29) is 23.5 Å². The molecule has 2 N–H and O–H groups in total. The number of ether oxygens (including phenoxy) is 2. The second kappa shape index (κ2) is 6.85. The first-order valence-electron chi connectivity index (χ1n) is 6.39. The van der Waals surface area contributed by atoms with E-state index in [1.54, 1.807) is 0 Å². The van der Waals surface area contributed by atoms with Crippen LogP contribution >= 0.6 is 0 Å². The lowest BCUT2D eigenvalue weighted by Crippen LogP contribution is -2.12. The van der Waals surface area contributed by atoms with Gasteiger partial charge in [0.1, 0.15) is 12.4 Å². The van der Waals surface area contributed by atoms with Crippen LogP contribution < -0.4 is 10.5 Å². The van der Waals surface area contributed by atoms with E-state index >= 15 is 0 Å². The van der Waals surface area contributed by atoms with Crippen LogP contribution in [0.5, 0.6) is 5.75 Å². The summed E-state index contributed by atoms with van der Waals surface area (Å²) in [5.41, 5.74) is 6.64. The summed E-state index contributed by atoms with van der Waals surface area (Å²) in [6, 6.07) is 13.7. The van der Waals surface area contributed by atoms with Crippen LogP contribution in [-0.2, 0) is 11.3 Å². The topological polar surface area (TPSA) is 61.5 Å². The lowest BCUT2D eigenvalue weighted by Gasteiger charge is -2.14. The van der Waals surface area contributed by atoms with Gasteiger partial charge in [0, 0.05) is 12.7 Å². The number of carbonyl (C=O) groups excluding carboxylic acids is 1. The fraction of sp³-hybridized carbons (Fsp3) is 0.188. The first-order chi connectivity index (χ1) is 10.1. The molecule has 110 valence electrons. The lowest BCUT2D eigenvalue weighted by molar-refractivity contribution is -0.00873. The number of alkyl halides is 1. The van der Waals surface area contributed by atoms with Crippen LogP contribution in [0.4, 0.5) is 4.39 Å². The molecule has 1 amide bonds. The molecule has 2 aromatic carbocycles. The standard InChI is InChI=1S/C16H16FNO3/c1-20-15(17)13-8-7-12(16(18)19)9-14(13)21-10-11-5-3-2-4-6-11/h2-9,15H,10H2,1H3,(H2,18,19). The summed E-state index contributed by atoms with van der Waals surface area (Å²) in [4.78, 5) is 11.2. The predicted molar refractivity (Wildman–Crippen MR) is 76.6 cm³/mol. The zero-order valence-electron chi connectivity index (χ0n) is 11.6. The largest absolute Gasteiger partial charge is 0.488 e. The van der Waals surface area contributed by atoms with Crippen LogP contribution in [-0.4, -0.2) is 13.0 Å². The van der Waals surface area contributed by atoms with E-state index in [1.165, 1.54) is 25.3 Å². The minimum atomic E-state index is -1.63. The highest BCUT2D eigenvalue weighted by Crippen LogP contribution is 2.30. The number of amides is 1. The molecular formula is C16H16FNO3. The molecule has 2 rings (SSSR count). The van der Waals surface area contributed by atoms with Gasteiger partial charge in [-0.25, -0.2) is 4.39 Å². The van der Waals surface area contributed by atoms with E-state index in [0.717, 1.165) is 5.56 Å². The molecule has 5 heteroatoms. The van der Waals surface area contributed by atoms with Gasteiger partial charge in [-0.05, 0) is 23.8 Å². The number of hydrogen-bond donors (Lipinski definition) is 1. The van der Waals surface area contributed by atoms with Crippen LogP contribution in [0.15, 0.2) is 48.5 Å². The van der Waals surface area contributed by atoms with Crippen molar-refractivity contribution >= 4 is 5.91 Å². The Hall–Kier alpha value is -2.40. The Morgan fingerprint density at radius 1 is 1.24 bits per heavy atom. The second-order valence-electron chi connectivity index (χ2n) is 4.44. The summed E-state index contributed by atoms with van der Waals surface area (Å²) in [5.74, 6) is -0.358. The Labute approximate surface area is 122 Å². The van der Waals surface area contributed by atoms with Gasteiger partial charge in [0.15, 0.2) is 0 Å². The Morgan fingerprint density at radius 3 is 2.57 bits per heavy atom. The number of methoxy groups -OCH3 is 1. The van der Waals surface area contributed by atoms with Crippen molar-refractivity contribution < 1.29 is 18.7 Å². The molecule has 0 saturated carbocycles. The van der Waals surface area contributed by atoms with Crippen molar-refractivity contribution in [3.05, 3.63) is 65.2 Å². The number of nitrogens with two attached hydrogens (primary N) is 1. The molecule has 0 heterocycles. The van der Waals surface area contributed by atoms with E-state index in [2.05, 4.69) is 4.74 Å². The van der Waals surface area contributed by atoms with Crippen LogP contribution in [0.25, 0.3) is 0 Å². The molecule has 0 aliphatic rings. The van der Waals surface area contributed by atoms with Crippen molar-refractivity contribution in [1.29, 1.82) is 0 Å². The molecule has 0 saturated heterocycles. The maximum absolute atomic E-state index is 13.8. The summed E-state index contributed by atoms with van der Waals surface area (Å²) in [6.07, 6.45) is -1.63. The first-order valence-corrected chi connectivity index (χ1v) is 6.39. The molecule has 21 heavy (non-hydrogen) atoms. The third kappa shape index (κ3) is 3.79. The molecule has 0 aliphatic heterocycles. The average Bonchev–Trinajstić information content (AvgIpc) is 2.52. The molecule has 2 aromatic rings. The number of benzene rings is 2. The smallest absolute Gasteiger partial charge is 0.248 e. The Morgan fingerprint density at radius 2 is 1.95 bits per heavy atom. The van der Waals surface area contributed by atoms with Crippen molar-refractivity contribution in [1.82, 2.24) is 0 Å². The molecule has 0 radical (unpaired) electrons. The van der Waals surface area contributed by atoms with E-state index in [0.29, 0.717) is 0 Å². The summed E-state index contributed by atoms with van der Waals surface area (Å²) < 4.78 is 24.0. The van der Waals surface area contributed by atoms with E-state index < -0.39 is 12.3 Å². The first kappa shape index (κ1) is 15.0. The minimum Gasteiger partial charge on any atom is -0.488 e. The predicted octanol–water partition coefficient (Wildman–Crippen LogP) is 2.98. The Kier molecular flexibility index (Phi) is 4.90. The molecule has 0 spiro atoms. The quantitative estimate of drug-likeness (QED) is 0.889. The lowest BCUT2D eigenvalue weighted by atomic mass is 10.1. The van der Waals surface area contributed by atoms with Crippen LogP contribution in [0.1, 0.15) is 27.8 Å². The van der Waals surface area contributed by atoms with Gasteiger partial charge < -0.3 is 15.2 Å². The molecule has 0 aliphatic carbocycles. The zero-order valence-corrected chi connectivity index (χ0v) is 11.6. The van der Waals surface area contributed by atoms with E-state index in [1.807, 2.05) is 30.3 Å². The minimum absolute atomic E-state index is 0.221. The van der Waals surface area contributed by atoms with Crippen molar-refractivity contribution in [3.63, 3.8) is 0 Å². The van der Waals surface area contributed by atoms with Gasteiger partial charge in [-0.3, -0.25) is 4.79 Å². The number of carbonyl (C=O) groups is 1.